The molecule has 2 rings (SSSR count). The molecule has 0 radical (unpaired) electrons. The van der Waals surface area contributed by atoms with Crippen LogP contribution in [-0.4, -0.2) is 30.3 Å². The van der Waals surface area contributed by atoms with Crippen LogP contribution >= 0.6 is 11.6 Å². The topological polar surface area (TPSA) is 87.3 Å². The smallest absolute Gasteiger partial charge is 0.255 e. The molecule has 8 heteroatoms. The molecule has 2 aromatic rings. The maximum Gasteiger partial charge on any atom is 0.255 e. The van der Waals surface area contributed by atoms with Gasteiger partial charge in [0, 0.05) is 16.6 Å². The van der Waals surface area contributed by atoms with Crippen molar-refractivity contribution in [3.63, 3.8) is 0 Å². The third-order valence-electron chi connectivity index (χ3n) is 3.44. The minimum atomic E-state index is -0.542. The number of carbonyl (C=O) groups excluding carboxylic acids is 3. The highest BCUT2D eigenvalue weighted by Gasteiger charge is 2.16. The molecule has 0 atom stereocenters. The van der Waals surface area contributed by atoms with Gasteiger partial charge in [-0.2, -0.15) is 0 Å². The SMILES string of the molecule is CC(C)NC(=O)CNC(=O)c1ccc(Cl)cc1NC(=O)c1ccc(F)cc1. The van der Waals surface area contributed by atoms with E-state index in [0.717, 1.165) is 12.1 Å². The van der Waals surface area contributed by atoms with Gasteiger partial charge in [0.2, 0.25) is 5.91 Å². The quantitative estimate of drug-likeness (QED) is 0.707. The van der Waals surface area contributed by atoms with E-state index >= 15 is 0 Å². The van der Waals surface area contributed by atoms with Gasteiger partial charge < -0.3 is 16.0 Å². The third kappa shape index (κ3) is 6.07. The van der Waals surface area contributed by atoms with Crippen LogP contribution in [0.2, 0.25) is 5.02 Å². The lowest BCUT2D eigenvalue weighted by Crippen LogP contribution is -2.40. The molecule has 0 heterocycles. The van der Waals surface area contributed by atoms with Crippen LogP contribution in [-0.2, 0) is 4.79 Å². The van der Waals surface area contributed by atoms with Crippen molar-refractivity contribution in [2.45, 2.75) is 19.9 Å². The second-order valence-electron chi connectivity index (χ2n) is 6.06. The average molecular weight is 392 g/mol. The van der Waals surface area contributed by atoms with Crippen molar-refractivity contribution in [1.29, 1.82) is 0 Å². The van der Waals surface area contributed by atoms with E-state index in [4.69, 9.17) is 11.6 Å². The van der Waals surface area contributed by atoms with E-state index in [1.165, 1.54) is 30.3 Å². The summed E-state index contributed by atoms with van der Waals surface area (Å²) in [5.41, 5.74) is 0.546. The van der Waals surface area contributed by atoms with E-state index in [9.17, 15) is 18.8 Å². The summed E-state index contributed by atoms with van der Waals surface area (Å²) in [5, 5.41) is 8.04. The van der Waals surface area contributed by atoms with Crippen LogP contribution in [0.25, 0.3) is 0 Å². The molecule has 0 saturated carbocycles. The first kappa shape index (κ1) is 20.4. The van der Waals surface area contributed by atoms with Gasteiger partial charge in [-0.25, -0.2) is 4.39 Å². The van der Waals surface area contributed by atoms with Gasteiger partial charge >= 0.3 is 0 Å². The summed E-state index contributed by atoms with van der Waals surface area (Å²) in [6.45, 7) is 3.41. The maximum absolute atomic E-state index is 13.0. The molecule has 0 aliphatic rings. The summed E-state index contributed by atoms with van der Waals surface area (Å²) in [4.78, 5) is 36.4. The molecule has 2 aromatic carbocycles. The Bertz CT molecular complexity index is 854. The lowest BCUT2D eigenvalue weighted by Gasteiger charge is -2.13. The number of nitrogens with one attached hydrogen (secondary N) is 3. The maximum atomic E-state index is 13.0. The molecule has 6 nitrogen and oxygen atoms in total. The number of benzene rings is 2. The predicted molar refractivity (Wildman–Crippen MR) is 101 cm³/mol. The lowest BCUT2D eigenvalue weighted by atomic mass is 10.1. The molecule has 27 heavy (non-hydrogen) atoms. The summed E-state index contributed by atoms with van der Waals surface area (Å²) >= 11 is 5.96. The minimum absolute atomic E-state index is 0.0458. The minimum Gasteiger partial charge on any atom is -0.352 e. The molecule has 142 valence electrons. The predicted octanol–water partition coefficient (Wildman–Crippen LogP) is 2.99. The van der Waals surface area contributed by atoms with Crippen LogP contribution in [0.1, 0.15) is 34.6 Å². The Labute approximate surface area is 161 Å². The number of carbonyl (C=O) groups is 3. The zero-order valence-electron chi connectivity index (χ0n) is 14.8. The zero-order chi connectivity index (χ0) is 20.0. The number of halogens is 2. The fraction of sp³-hybridized carbons (Fsp3) is 0.211. The molecule has 3 N–H and O–H groups in total. The standard InChI is InChI=1S/C19H19ClFN3O3/c1-11(2)23-17(25)10-22-19(27)15-8-5-13(20)9-16(15)24-18(26)12-3-6-14(21)7-4-12/h3-9,11H,10H2,1-2H3,(H,22,27)(H,23,25)(H,24,26). The summed E-state index contributed by atoms with van der Waals surface area (Å²) < 4.78 is 13.0. The molecule has 0 aliphatic carbocycles. The van der Waals surface area contributed by atoms with E-state index in [2.05, 4.69) is 16.0 Å². The molecule has 0 spiro atoms. The highest BCUT2D eigenvalue weighted by atomic mass is 35.5. The number of hydrogen-bond donors (Lipinski definition) is 3. The van der Waals surface area contributed by atoms with E-state index in [0.29, 0.717) is 5.02 Å². The molecule has 0 aliphatic heterocycles. The van der Waals surface area contributed by atoms with E-state index < -0.39 is 17.6 Å². The van der Waals surface area contributed by atoms with E-state index in [1.807, 2.05) is 13.8 Å². The number of hydrogen-bond acceptors (Lipinski definition) is 3. The fourth-order valence-electron chi connectivity index (χ4n) is 2.24. The van der Waals surface area contributed by atoms with Crippen molar-refractivity contribution < 1.29 is 18.8 Å². The molecule has 0 unspecified atom stereocenters. The summed E-state index contributed by atoms with van der Waals surface area (Å²) in [5.74, 6) is -1.86. The zero-order valence-corrected chi connectivity index (χ0v) is 15.6. The van der Waals surface area contributed by atoms with Gasteiger partial charge in [0.05, 0.1) is 17.8 Å². The monoisotopic (exact) mass is 391 g/mol. The highest BCUT2D eigenvalue weighted by Crippen LogP contribution is 2.22. The molecule has 3 amide bonds. The van der Waals surface area contributed by atoms with Crippen molar-refractivity contribution in [2.75, 3.05) is 11.9 Å². The van der Waals surface area contributed by atoms with Gasteiger partial charge in [0.15, 0.2) is 0 Å². The Kier molecular flexibility index (Phi) is 6.90. The number of amides is 3. The van der Waals surface area contributed by atoms with Crippen molar-refractivity contribution in [3.05, 3.63) is 64.4 Å². The van der Waals surface area contributed by atoms with Gasteiger partial charge in [-0.1, -0.05) is 11.6 Å². The second-order valence-corrected chi connectivity index (χ2v) is 6.49. The van der Waals surface area contributed by atoms with Gasteiger partial charge in [0.1, 0.15) is 5.82 Å². The Morgan fingerprint density at radius 3 is 2.33 bits per heavy atom. The second kappa shape index (κ2) is 9.14. The third-order valence-corrected chi connectivity index (χ3v) is 3.68. The highest BCUT2D eigenvalue weighted by molar-refractivity contribution is 6.31. The van der Waals surface area contributed by atoms with Crippen LogP contribution in [0.15, 0.2) is 42.5 Å². The van der Waals surface area contributed by atoms with Gasteiger partial charge in [0.25, 0.3) is 11.8 Å². The lowest BCUT2D eigenvalue weighted by molar-refractivity contribution is -0.120. The first-order valence-corrected chi connectivity index (χ1v) is 8.58. The number of rotatable bonds is 6. The summed E-state index contributed by atoms with van der Waals surface area (Å²) in [6, 6.07) is 9.29. The van der Waals surface area contributed by atoms with Crippen LogP contribution in [0, 0.1) is 5.82 Å². The van der Waals surface area contributed by atoms with Gasteiger partial charge in [-0.15, -0.1) is 0 Å². The van der Waals surface area contributed by atoms with Gasteiger partial charge in [-0.3, -0.25) is 14.4 Å². The normalized spacial score (nSPS) is 10.4. The summed E-state index contributed by atoms with van der Waals surface area (Å²) in [6.07, 6.45) is 0. The first-order valence-electron chi connectivity index (χ1n) is 8.20. The Balaban J connectivity index is 2.13. The first-order chi connectivity index (χ1) is 12.8. The van der Waals surface area contributed by atoms with Crippen molar-refractivity contribution in [3.8, 4) is 0 Å². The van der Waals surface area contributed by atoms with Crippen molar-refractivity contribution >= 4 is 35.0 Å². The van der Waals surface area contributed by atoms with Gasteiger partial charge in [-0.05, 0) is 56.3 Å². The van der Waals surface area contributed by atoms with Crippen LogP contribution < -0.4 is 16.0 Å². The van der Waals surface area contributed by atoms with Crippen molar-refractivity contribution in [1.82, 2.24) is 10.6 Å². The van der Waals surface area contributed by atoms with Crippen LogP contribution in [0.4, 0.5) is 10.1 Å². The number of anilines is 1. The fourth-order valence-corrected chi connectivity index (χ4v) is 2.41. The largest absolute Gasteiger partial charge is 0.352 e. The summed E-state index contributed by atoms with van der Waals surface area (Å²) in [7, 11) is 0. The Morgan fingerprint density at radius 2 is 1.70 bits per heavy atom. The van der Waals surface area contributed by atoms with E-state index in [1.54, 1.807) is 0 Å². The molecule has 0 fully saturated rings. The molecular weight excluding hydrogens is 373 g/mol. The molecule has 0 saturated heterocycles. The molecule has 0 bridgehead atoms. The van der Waals surface area contributed by atoms with Crippen LogP contribution in [0.5, 0.6) is 0 Å². The Morgan fingerprint density at radius 1 is 1.04 bits per heavy atom. The molecule has 0 aromatic heterocycles. The molecular formula is C19H19ClFN3O3. The van der Waals surface area contributed by atoms with Crippen molar-refractivity contribution in [2.24, 2.45) is 0 Å². The average Bonchev–Trinajstić information content (AvgIpc) is 2.59. The Hall–Kier alpha value is -2.93. The van der Waals surface area contributed by atoms with E-state index in [-0.39, 0.29) is 35.3 Å². The van der Waals surface area contributed by atoms with Crippen LogP contribution in [0.3, 0.4) is 0 Å².